The quantitative estimate of drug-likeness (QED) is 0.840. The van der Waals surface area contributed by atoms with E-state index in [1.165, 1.54) is 29.5 Å². The van der Waals surface area contributed by atoms with Crippen LogP contribution in [-0.2, 0) is 19.0 Å². The van der Waals surface area contributed by atoms with Gasteiger partial charge < -0.3 is 0 Å². The van der Waals surface area contributed by atoms with E-state index in [4.69, 9.17) is 0 Å². The second-order valence-corrected chi connectivity index (χ2v) is 6.18. The summed E-state index contributed by atoms with van der Waals surface area (Å²) in [6.07, 6.45) is -0.639. The molecule has 1 aromatic heterocycles. The first-order valence-corrected chi connectivity index (χ1v) is 7.73. The standard InChI is InChI=1S/C15H13F3N2OS.ClH/c16-15(17,18)10-6-2-1-5-9(10)13(21)20-14-19-11-7-3-4-8-12(11)22-14;/h1-2,5-6H,3-4,7-8H2,(H,19,20,21);1H. The Hall–Kier alpha value is -1.60. The number of hydrogen-bond donors (Lipinski definition) is 1. The van der Waals surface area contributed by atoms with E-state index in [-0.39, 0.29) is 18.0 Å². The monoisotopic (exact) mass is 362 g/mol. The molecule has 1 amide bonds. The van der Waals surface area contributed by atoms with Crippen molar-refractivity contribution >= 4 is 34.8 Å². The van der Waals surface area contributed by atoms with Crippen molar-refractivity contribution in [2.75, 3.05) is 5.32 Å². The first-order chi connectivity index (χ1) is 10.4. The van der Waals surface area contributed by atoms with Gasteiger partial charge in [-0.05, 0) is 37.8 Å². The predicted octanol–water partition coefficient (Wildman–Crippen LogP) is 4.71. The van der Waals surface area contributed by atoms with Gasteiger partial charge in [0.25, 0.3) is 5.91 Å². The average molecular weight is 363 g/mol. The van der Waals surface area contributed by atoms with Gasteiger partial charge >= 0.3 is 6.18 Å². The molecule has 0 bridgehead atoms. The Balaban J connectivity index is 0.00000192. The largest absolute Gasteiger partial charge is 0.417 e. The maximum absolute atomic E-state index is 12.9. The number of rotatable bonds is 2. The molecule has 1 aliphatic rings. The number of carbonyl (C=O) groups excluding carboxylic acids is 1. The smallest absolute Gasteiger partial charge is 0.298 e. The van der Waals surface area contributed by atoms with Gasteiger partial charge in [-0.1, -0.05) is 12.1 Å². The normalized spacial score (nSPS) is 13.9. The van der Waals surface area contributed by atoms with E-state index in [2.05, 4.69) is 10.3 Å². The lowest BCUT2D eigenvalue weighted by molar-refractivity contribution is -0.137. The number of amides is 1. The summed E-state index contributed by atoms with van der Waals surface area (Å²) in [4.78, 5) is 17.6. The third-order valence-electron chi connectivity index (χ3n) is 3.54. The molecule has 124 valence electrons. The maximum atomic E-state index is 12.9. The van der Waals surface area contributed by atoms with Crippen molar-refractivity contribution in [3.8, 4) is 0 Å². The summed E-state index contributed by atoms with van der Waals surface area (Å²) in [5.74, 6) is -0.779. The van der Waals surface area contributed by atoms with Gasteiger partial charge in [0.1, 0.15) is 0 Å². The first kappa shape index (κ1) is 17.7. The van der Waals surface area contributed by atoms with Crippen molar-refractivity contribution in [2.24, 2.45) is 0 Å². The number of nitrogens with zero attached hydrogens (tertiary/aromatic N) is 1. The van der Waals surface area contributed by atoms with Crippen LogP contribution in [0.15, 0.2) is 24.3 Å². The van der Waals surface area contributed by atoms with Crippen molar-refractivity contribution in [3.63, 3.8) is 0 Å². The number of thiazole rings is 1. The van der Waals surface area contributed by atoms with Crippen LogP contribution in [0, 0.1) is 0 Å². The fourth-order valence-electron chi connectivity index (χ4n) is 2.50. The van der Waals surface area contributed by atoms with Crippen LogP contribution >= 0.6 is 23.7 Å². The van der Waals surface area contributed by atoms with Crippen molar-refractivity contribution in [1.82, 2.24) is 4.98 Å². The molecule has 0 saturated carbocycles. The molecule has 0 saturated heterocycles. The van der Waals surface area contributed by atoms with Crippen molar-refractivity contribution in [3.05, 3.63) is 46.0 Å². The number of alkyl halides is 3. The highest BCUT2D eigenvalue weighted by Gasteiger charge is 2.35. The van der Waals surface area contributed by atoms with Crippen LogP contribution in [0.2, 0.25) is 0 Å². The van der Waals surface area contributed by atoms with Crippen LogP contribution in [0.5, 0.6) is 0 Å². The Bertz CT molecular complexity index is 691. The molecule has 0 spiro atoms. The first-order valence-electron chi connectivity index (χ1n) is 6.91. The Morgan fingerprint density at radius 3 is 2.57 bits per heavy atom. The van der Waals surface area contributed by atoms with Gasteiger partial charge in [-0.15, -0.1) is 23.7 Å². The molecule has 1 N–H and O–H groups in total. The Kier molecular flexibility index (Phi) is 5.31. The van der Waals surface area contributed by atoms with Crippen LogP contribution < -0.4 is 5.32 Å². The number of nitrogens with one attached hydrogen (secondary N) is 1. The highest BCUT2D eigenvalue weighted by molar-refractivity contribution is 7.15. The fourth-order valence-corrected chi connectivity index (χ4v) is 3.54. The Labute approximate surface area is 141 Å². The number of aryl methyl sites for hydroxylation is 2. The van der Waals surface area contributed by atoms with Crippen LogP contribution in [-0.4, -0.2) is 10.9 Å². The molecule has 0 aliphatic heterocycles. The minimum atomic E-state index is -4.56. The average Bonchev–Trinajstić information content (AvgIpc) is 2.88. The van der Waals surface area contributed by atoms with E-state index < -0.39 is 17.6 Å². The highest BCUT2D eigenvalue weighted by atomic mass is 35.5. The zero-order valence-corrected chi connectivity index (χ0v) is 13.6. The van der Waals surface area contributed by atoms with Gasteiger partial charge in [0, 0.05) is 4.88 Å². The second-order valence-electron chi connectivity index (χ2n) is 5.09. The summed E-state index contributed by atoms with van der Waals surface area (Å²) < 4.78 is 38.8. The topological polar surface area (TPSA) is 42.0 Å². The lowest BCUT2D eigenvalue weighted by atomic mass is 10.0. The summed E-state index contributed by atoms with van der Waals surface area (Å²) in [5.41, 5.74) is -0.368. The van der Waals surface area contributed by atoms with Crippen LogP contribution in [0.3, 0.4) is 0 Å². The number of benzene rings is 1. The van der Waals surface area contributed by atoms with E-state index in [9.17, 15) is 18.0 Å². The minimum Gasteiger partial charge on any atom is -0.298 e. The van der Waals surface area contributed by atoms with E-state index in [0.717, 1.165) is 42.3 Å². The second kappa shape index (κ2) is 6.88. The summed E-state index contributed by atoms with van der Waals surface area (Å²) in [7, 11) is 0. The molecule has 2 aromatic rings. The van der Waals surface area contributed by atoms with Crippen LogP contribution in [0.4, 0.5) is 18.3 Å². The van der Waals surface area contributed by atoms with E-state index in [0.29, 0.717) is 5.13 Å². The summed E-state index contributed by atoms with van der Waals surface area (Å²) in [5, 5.41) is 2.87. The SMILES string of the molecule is Cl.O=C(Nc1nc2c(s1)CCCC2)c1ccccc1C(F)(F)F. The number of aromatic nitrogens is 1. The van der Waals surface area contributed by atoms with Crippen molar-refractivity contribution in [1.29, 1.82) is 0 Å². The van der Waals surface area contributed by atoms with Gasteiger partial charge in [0.2, 0.25) is 0 Å². The summed E-state index contributed by atoms with van der Waals surface area (Å²) in [6.45, 7) is 0. The fraction of sp³-hybridized carbons (Fsp3) is 0.333. The Morgan fingerprint density at radius 1 is 1.17 bits per heavy atom. The molecule has 3 nitrogen and oxygen atoms in total. The van der Waals surface area contributed by atoms with Crippen LogP contribution in [0.25, 0.3) is 0 Å². The van der Waals surface area contributed by atoms with Gasteiger partial charge in [-0.3, -0.25) is 10.1 Å². The number of halogens is 4. The molecule has 8 heteroatoms. The van der Waals surface area contributed by atoms with Crippen molar-refractivity contribution < 1.29 is 18.0 Å². The minimum absolute atomic E-state index is 0. The van der Waals surface area contributed by atoms with Gasteiger partial charge in [-0.2, -0.15) is 13.2 Å². The third-order valence-corrected chi connectivity index (χ3v) is 4.62. The predicted molar refractivity (Wildman–Crippen MR) is 85.4 cm³/mol. The molecule has 23 heavy (non-hydrogen) atoms. The molecular weight excluding hydrogens is 349 g/mol. The number of carbonyl (C=O) groups is 1. The van der Waals surface area contributed by atoms with Crippen molar-refractivity contribution in [2.45, 2.75) is 31.9 Å². The molecule has 1 aliphatic carbocycles. The zero-order chi connectivity index (χ0) is 15.7. The lowest BCUT2D eigenvalue weighted by Gasteiger charge is -2.11. The maximum Gasteiger partial charge on any atom is 0.417 e. The lowest BCUT2D eigenvalue weighted by Crippen LogP contribution is -2.18. The van der Waals surface area contributed by atoms with Gasteiger partial charge in [0.05, 0.1) is 16.8 Å². The van der Waals surface area contributed by atoms with E-state index in [1.807, 2.05) is 0 Å². The third kappa shape index (κ3) is 3.84. The zero-order valence-electron chi connectivity index (χ0n) is 11.9. The number of fused-ring (bicyclic) bond motifs is 1. The molecule has 1 heterocycles. The summed E-state index contributed by atoms with van der Waals surface area (Å²) >= 11 is 1.35. The molecule has 0 radical (unpaired) electrons. The van der Waals surface area contributed by atoms with Crippen LogP contribution in [0.1, 0.15) is 39.3 Å². The molecular formula is C15H14ClF3N2OS. The molecule has 1 aromatic carbocycles. The molecule has 0 atom stereocenters. The Morgan fingerprint density at radius 2 is 1.87 bits per heavy atom. The number of hydrogen-bond acceptors (Lipinski definition) is 3. The van der Waals surface area contributed by atoms with Gasteiger partial charge in [0.15, 0.2) is 5.13 Å². The summed E-state index contributed by atoms with van der Waals surface area (Å²) in [6, 6.07) is 4.76. The number of anilines is 1. The molecule has 3 rings (SSSR count). The molecule has 0 fully saturated rings. The highest BCUT2D eigenvalue weighted by Crippen LogP contribution is 2.33. The molecule has 0 unspecified atom stereocenters. The van der Waals surface area contributed by atoms with E-state index >= 15 is 0 Å². The van der Waals surface area contributed by atoms with Gasteiger partial charge in [-0.25, -0.2) is 4.98 Å². The van der Waals surface area contributed by atoms with E-state index in [1.54, 1.807) is 0 Å².